The zero-order valence-corrected chi connectivity index (χ0v) is 11.4. The van der Waals surface area contributed by atoms with Gasteiger partial charge in [0.05, 0.1) is 7.05 Å². The molecule has 4 N–H and O–H groups in total. The Hall–Kier alpha value is -0.620. The topological polar surface area (TPSA) is 132 Å². The molecule has 0 bridgehead atoms. The van der Waals surface area contributed by atoms with E-state index in [-0.39, 0.29) is 12.8 Å². The minimum absolute atomic E-state index is 0.139. The second-order valence-corrected chi connectivity index (χ2v) is 7.89. The highest BCUT2D eigenvalue weighted by atomic mass is 31.2. The molecule has 0 saturated heterocycles. The minimum atomic E-state index is -4.84. The molecule has 8 nitrogen and oxygen atoms in total. The summed E-state index contributed by atoms with van der Waals surface area (Å²) in [6.45, 7) is 0. The highest BCUT2D eigenvalue weighted by Crippen LogP contribution is 2.61. The van der Waals surface area contributed by atoms with Gasteiger partial charge in [0.25, 0.3) is 6.33 Å². The molecular weight excluding hydrogens is 282 g/mol. The van der Waals surface area contributed by atoms with Crippen molar-refractivity contribution in [3.8, 4) is 0 Å². The van der Waals surface area contributed by atoms with Gasteiger partial charge >= 0.3 is 15.2 Å². The molecule has 0 aliphatic carbocycles. The summed E-state index contributed by atoms with van der Waals surface area (Å²) >= 11 is 0. The predicted molar refractivity (Wildman–Crippen MR) is 61.6 cm³/mol. The third kappa shape index (κ3) is 4.24. The largest absolute Gasteiger partial charge is 0.340 e. The van der Waals surface area contributed by atoms with Gasteiger partial charge in [-0.1, -0.05) is 4.98 Å². The van der Waals surface area contributed by atoms with E-state index in [0.717, 1.165) is 0 Å². The van der Waals surface area contributed by atoms with Crippen LogP contribution in [-0.2, 0) is 22.6 Å². The first-order chi connectivity index (χ1) is 8.12. The standard InChI is InChI=1S/C8H14N2O6P2/c1-10-6-9-5-4-7(10)2-3-8(17(11,12)13)18(14,15)16/h4-6,8H,2-3H2,1H3,(H3-,11,12,13,14,15,16)/p+1. The lowest BCUT2D eigenvalue weighted by Gasteiger charge is -2.19. The summed E-state index contributed by atoms with van der Waals surface area (Å²) in [5, 5.41) is -1.96. The number of aromatic nitrogens is 2. The number of hydrogen-bond acceptors (Lipinski definition) is 3. The summed E-state index contributed by atoms with van der Waals surface area (Å²) < 4.78 is 23.8. The Morgan fingerprint density at radius 2 is 1.83 bits per heavy atom. The Bertz CT molecular complexity index is 488. The molecule has 0 amide bonds. The molecule has 1 aromatic rings. The molecule has 18 heavy (non-hydrogen) atoms. The maximum absolute atomic E-state index is 11.1. The van der Waals surface area contributed by atoms with Crippen LogP contribution in [0.25, 0.3) is 0 Å². The summed E-state index contributed by atoms with van der Waals surface area (Å²) in [6, 6.07) is 1.62. The van der Waals surface area contributed by atoms with E-state index < -0.39 is 20.6 Å². The zero-order chi connectivity index (χ0) is 14.0. The molecule has 1 rings (SSSR count). The van der Waals surface area contributed by atoms with E-state index in [1.54, 1.807) is 17.7 Å². The normalized spacial score (nSPS) is 13.0. The fourth-order valence-electron chi connectivity index (χ4n) is 1.53. The second kappa shape index (κ2) is 5.57. The van der Waals surface area contributed by atoms with Crippen LogP contribution in [0.4, 0.5) is 0 Å². The molecule has 1 heterocycles. The van der Waals surface area contributed by atoms with Gasteiger partial charge in [-0.2, -0.15) is 0 Å². The zero-order valence-electron chi connectivity index (χ0n) is 9.62. The van der Waals surface area contributed by atoms with Crippen molar-refractivity contribution in [2.45, 2.75) is 18.2 Å². The highest BCUT2D eigenvalue weighted by molar-refractivity contribution is 7.70. The maximum atomic E-state index is 11.1. The number of hydrogen-bond donors (Lipinski definition) is 4. The maximum Gasteiger partial charge on any atom is 0.340 e. The molecule has 102 valence electrons. The van der Waals surface area contributed by atoms with E-state index in [1.807, 2.05) is 0 Å². The van der Waals surface area contributed by atoms with Gasteiger partial charge in [0, 0.05) is 12.5 Å². The Kier molecular flexibility index (Phi) is 4.78. The SMILES string of the molecule is C[n+]1cnccc1CCC(P(=O)(O)O)P(=O)(O)O. The van der Waals surface area contributed by atoms with Crippen molar-refractivity contribution in [3.05, 3.63) is 24.3 Å². The molecule has 0 aliphatic rings. The molecule has 1 aromatic heterocycles. The molecule has 0 radical (unpaired) electrons. The average molecular weight is 297 g/mol. The lowest BCUT2D eigenvalue weighted by Crippen LogP contribution is -2.34. The van der Waals surface area contributed by atoms with Gasteiger partial charge in [0.1, 0.15) is 11.9 Å². The van der Waals surface area contributed by atoms with Gasteiger partial charge in [-0.3, -0.25) is 9.13 Å². The fourth-order valence-corrected chi connectivity index (χ4v) is 4.03. The van der Waals surface area contributed by atoms with Crippen molar-refractivity contribution in [1.82, 2.24) is 4.98 Å². The quantitative estimate of drug-likeness (QED) is 0.426. The first kappa shape index (κ1) is 15.4. The summed E-state index contributed by atoms with van der Waals surface area (Å²) in [6.07, 6.45) is 2.84. The van der Waals surface area contributed by atoms with Gasteiger partial charge in [-0.25, -0.2) is 4.57 Å². The van der Waals surface area contributed by atoms with Crippen molar-refractivity contribution in [2.24, 2.45) is 7.05 Å². The summed E-state index contributed by atoms with van der Waals surface area (Å²) in [5.41, 5.74) is 0.678. The van der Waals surface area contributed by atoms with Crippen LogP contribution < -0.4 is 4.57 Å². The van der Waals surface area contributed by atoms with Crippen molar-refractivity contribution >= 4 is 15.2 Å². The van der Waals surface area contributed by atoms with E-state index in [1.165, 1.54) is 12.5 Å². The van der Waals surface area contributed by atoms with Crippen molar-refractivity contribution < 1.29 is 33.3 Å². The number of aryl methyl sites for hydroxylation is 2. The molecule has 0 spiro atoms. The molecule has 0 saturated carbocycles. The van der Waals surface area contributed by atoms with Gasteiger partial charge in [0.2, 0.25) is 0 Å². The predicted octanol–water partition coefficient (Wildman–Crippen LogP) is -0.480. The molecule has 0 aromatic carbocycles. The molecule has 0 aliphatic heterocycles. The first-order valence-corrected chi connectivity index (χ1v) is 8.37. The molecule has 10 heteroatoms. The monoisotopic (exact) mass is 297 g/mol. The van der Waals surface area contributed by atoms with Crippen LogP contribution >= 0.6 is 15.2 Å². The van der Waals surface area contributed by atoms with Crippen molar-refractivity contribution in [1.29, 1.82) is 0 Å². The van der Waals surface area contributed by atoms with Gasteiger partial charge in [-0.15, -0.1) is 0 Å². The van der Waals surface area contributed by atoms with Crippen LogP contribution in [0.5, 0.6) is 0 Å². The van der Waals surface area contributed by atoms with Crippen molar-refractivity contribution in [3.63, 3.8) is 0 Å². The Balaban J connectivity index is 2.86. The first-order valence-electron chi connectivity index (χ1n) is 5.01. The number of nitrogens with zero attached hydrogens (tertiary/aromatic N) is 2. The highest BCUT2D eigenvalue weighted by Gasteiger charge is 2.42. The fraction of sp³-hybridized carbons (Fsp3) is 0.500. The smallest absolute Gasteiger partial charge is 0.324 e. The van der Waals surface area contributed by atoms with Crippen LogP contribution in [0.2, 0.25) is 0 Å². The van der Waals surface area contributed by atoms with Crippen LogP contribution in [0.3, 0.4) is 0 Å². The van der Waals surface area contributed by atoms with E-state index >= 15 is 0 Å². The summed E-state index contributed by atoms with van der Waals surface area (Å²) in [5.74, 6) is 0. The summed E-state index contributed by atoms with van der Waals surface area (Å²) in [7, 11) is -7.99. The van der Waals surface area contributed by atoms with Gasteiger partial charge in [0.15, 0.2) is 5.40 Å². The summed E-state index contributed by atoms with van der Waals surface area (Å²) in [4.78, 5) is 39.7. The van der Waals surface area contributed by atoms with E-state index in [4.69, 9.17) is 19.6 Å². The lowest BCUT2D eigenvalue weighted by molar-refractivity contribution is -0.682. The second-order valence-electron chi connectivity index (χ2n) is 3.88. The third-order valence-corrected chi connectivity index (χ3v) is 6.36. The molecular formula is C8H15N2O6P2+. The minimum Gasteiger partial charge on any atom is -0.324 e. The third-order valence-electron chi connectivity index (χ3n) is 2.48. The van der Waals surface area contributed by atoms with Crippen LogP contribution in [0.15, 0.2) is 18.6 Å². The molecule has 0 atom stereocenters. The molecule has 0 fully saturated rings. The van der Waals surface area contributed by atoms with Crippen LogP contribution in [0.1, 0.15) is 12.1 Å². The lowest BCUT2D eigenvalue weighted by atomic mass is 10.2. The Morgan fingerprint density at radius 1 is 1.28 bits per heavy atom. The average Bonchev–Trinajstić information content (AvgIpc) is 2.17. The Labute approximate surface area is 104 Å². The van der Waals surface area contributed by atoms with Crippen LogP contribution in [-0.4, -0.2) is 30.0 Å². The number of rotatable bonds is 5. The molecule has 0 unspecified atom stereocenters. The Morgan fingerprint density at radius 3 is 2.28 bits per heavy atom. The van der Waals surface area contributed by atoms with Gasteiger partial charge < -0.3 is 19.6 Å². The van der Waals surface area contributed by atoms with Gasteiger partial charge in [-0.05, 0) is 6.42 Å². The van der Waals surface area contributed by atoms with E-state index in [2.05, 4.69) is 4.98 Å². The van der Waals surface area contributed by atoms with E-state index in [0.29, 0.717) is 5.69 Å². The van der Waals surface area contributed by atoms with Crippen LogP contribution in [0, 0.1) is 0 Å². The van der Waals surface area contributed by atoms with E-state index in [9.17, 15) is 9.13 Å². The van der Waals surface area contributed by atoms with Crippen molar-refractivity contribution in [2.75, 3.05) is 0 Å².